The molecule has 1 aromatic rings. The number of aryl methyl sites for hydroxylation is 1. The van der Waals surface area contributed by atoms with E-state index in [2.05, 4.69) is 41.2 Å². The van der Waals surface area contributed by atoms with Crippen LogP contribution in [0.3, 0.4) is 0 Å². The molecule has 1 aromatic carbocycles. The normalized spacial score (nSPS) is 10.3. The van der Waals surface area contributed by atoms with Crippen molar-refractivity contribution >= 4 is 5.97 Å². The van der Waals surface area contributed by atoms with Crippen molar-refractivity contribution in [3.8, 4) is 0 Å². The maximum Gasteiger partial charge on any atom is 0.332 e. The first-order valence-corrected chi connectivity index (χ1v) is 6.13. The fourth-order valence-corrected chi connectivity index (χ4v) is 1.48. The third kappa shape index (κ3) is 6.37. The van der Waals surface area contributed by atoms with Gasteiger partial charge >= 0.3 is 5.97 Å². The van der Waals surface area contributed by atoms with E-state index in [1.165, 1.54) is 18.2 Å². The molecule has 1 rings (SSSR count). The molecule has 1 N–H and O–H groups in total. The van der Waals surface area contributed by atoms with Crippen molar-refractivity contribution in [1.29, 1.82) is 0 Å². The Morgan fingerprint density at radius 2 is 2.00 bits per heavy atom. The third-order valence-corrected chi connectivity index (χ3v) is 2.47. The minimum absolute atomic E-state index is 0.0246. The van der Waals surface area contributed by atoms with Crippen LogP contribution in [0.2, 0.25) is 0 Å². The van der Waals surface area contributed by atoms with Gasteiger partial charge in [0.15, 0.2) is 0 Å². The molecule has 0 fully saturated rings. The van der Waals surface area contributed by atoms with Gasteiger partial charge in [0, 0.05) is 13.7 Å². The number of esters is 1. The lowest BCUT2D eigenvalue weighted by molar-refractivity contribution is -0.147. The lowest BCUT2D eigenvalue weighted by Gasteiger charge is -2.06. The van der Waals surface area contributed by atoms with Gasteiger partial charge in [0.2, 0.25) is 0 Å². The van der Waals surface area contributed by atoms with Crippen molar-refractivity contribution in [3.05, 3.63) is 35.4 Å². The number of rotatable bonds is 8. The lowest BCUT2D eigenvalue weighted by atomic mass is 10.1. The molecular formula is C14H21NO3. The van der Waals surface area contributed by atoms with Crippen LogP contribution in [-0.4, -0.2) is 32.8 Å². The van der Waals surface area contributed by atoms with E-state index in [1.54, 1.807) is 0 Å². The van der Waals surface area contributed by atoms with Crippen LogP contribution in [0, 0.1) is 6.92 Å². The van der Waals surface area contributed by atoms with E-state index >= 15 is 0 Å². The van der Waals surface area contributed by atoms with Gasteiger partial charge in [-0.25, -0.2) is 4.79 Å². The number of hydrogen-bond donors (Lipinski definition) is 1. The zero-order chi connectivity index (χ0) is 13.2. The molecule has 0 radical (unpaired) electrons. The van der Waals surface area contributed by atoms with Gasteiger partial charge in [-0.1, -0.05) is 29.8 Å². The van der Waals surface area contributed by atoms with Crippen LogP contribution in [0.4, 0.5) is 0 Å². The highest BCUT2D eigenvalue weighted by Gasteiger charge is 2.00. The van der Waals surface area contributed by atoms with Gasteiger partial charge in [0.25, 0.3) is 0 Å². The summed E-state index contributed by atoms with van der Waals surface area (Å²) < 4.78 is 9.61. The number of benzene rings is 1. The summed E-state index contributed by atoms with van der Waals surface area (Å²) in [6, 6.07) is 8.43. The van der Waals surface area contributed by atoms with E-state index in [4.69, 9.17) is 4.74 Å². The lowest BCUT2D eigenvalue weighted by Crippen LogP contribution is -2.18. The van der Waals surface area contributed by atoms with Crippen molar-refractivity contribution in [2.75, 3.05) is 26.9 Å². The van der Waals surface area contributed by atoms with Crippen molar-refractivity contribution in [3.63, 3.8) is 0 Å². The Balaban J connectivity index is 2.02. The van der Waals surface area contributed by atoms with Gasteiger partial charge < -0.3 is 14.8 Å². The highest BCUT2D eigenvalue weighted by atomic mass is 16.6. The summed E-state index contributed by atoms with van der Waals surface area (Å²) in [6.45, 7) is 4.20. The zero-order valence-corrected chi connectivity index (χ0v) is 11.1. The molecule has 0 aliphatic rings. The summed E-state index contributed by atoms with van der Waals surface area (Å²) in [7, 11) is 1.48. The van der Waals surface area contributed by atoms with Crippen LogP contribution in [0.5, 0.6) is 0 Å². The SMILES string of the molecule is COCC(=O)OCCCNCc1ccc(C)cc1. The Bertz CT molecular complexity index is 349. The van der Waals surface area contributed by atoms with E-state index in [1.807, 2.05) is 0 Å². The van der Waals surface area contributed by atoms with E-state index in [9.17, 15) is 4.79 Å². The van der Waals surface area contributed by atoms with Crippen LogP contribution in [0.25, 0.3) is 0 Å². The molecular weight excluding hydrogens is 230 g/mol. The average molecular weight is 251 g/mol. The molecule has 0 saturated carbocycles. The monoisotopic (exact) mass is 251 g/mol. The minimum atomic E-state index is -0.309. The van der Waals surface area contributed by atoms with E-state index < -0.39 is 0 Å². The van der Waals surface area contributed by atoms with Crippen molar-refractivity contribution in [2.45, 2.75) is 19.9 Å². The second kappa shape index (κ2) is 8.66. The van der Waals surface area contributed by atoms with Crippen molar-refractivity contribution in [1.82, 2.24) is 5.32 Å². The molecule has 0 aliphatic carbocycles. The third-order valence-electron chi connectivity index (χ3n) is 2.47. The Labute approximate surface area is 108 Å². The second-order valence-electron chi connectivity index (χ2n) is 4.17. The van der Waals surface area contributed by atoms with Crippen LogP contribution in [0.15, 0.2) is 24.3 Å². The molecule has 0 aliphatic heterocycles. The van der Waals surface area contributed by atoms with Gasteiger partial charge in [-0.2, -0.15) is 0 Å². The number of hydrogen-bond acceptors (Lipinski definition) is 4. The van der Waals surface area contributed by atoms with Gasteiger partial charge in [-0.15, -0.1) is 0 Å². The number of carbonyl (C=O) groups is 1. The van der Waals surface area contributed by atoms with Gasteiger partial charge in [-0.05, 0) is 25.5 Å². The summed E-state index contributed by atoms with van der Waals surface area (Å²) in [5.74, 6) is -0.309. The van der Waals surface area contributed by atoms with Crippen LogP contribution < -0.4 is 5.32 Å². The summed E-state index contributed by atoms with van der Waals surface area (Å²) in [6.07, 6.45) is 0.807. The number of carbonyl (C=O) groups excluding carboxylic acids is 1. The topological polar surface area (TPSA) is 47.6 Å². The van der Waals surface area contributed by atoms with Crippen LogP contribution in [-0.2, 0) is 20.8 Å². The number of ether oxygens (including phenoxy) is 2. The molecule has 0 aromatic heterocycles. The Morgan fingerprint density at radius 3 is 2.67 bits per heavy atom. The van der Waals surface area contributed by atoms with Crippen molar-refractivity contribution < 1.29 is 14.3 Å². The highest BCUT2D eigenvalue weighted by molar-refractivity contribution is 5.70. The Morgan fingerprint density at radius 1 is 1.28 bits per heavy atom. The first-order chi connectivity index (χ1) is 8.72. The van der Waals surface area contributed by atoms with E-state index in [0.29, 0.717) is 6.61 Å². The van der Waals surface area contributed by atoms with Crippen molar-refractivity contribution in [2.24, 2.45) is 0 Å². The first kappa shape index (κ1) is 14.7. The highest BCUT2D eigenvalue weighted by Crippen LogP contribution is 2.02. The first-order valence-electron chi connectivity index (χ1n) is 6.13. The van der Waals surface area contributed by atoms with Gasteiger partial charge in [0.1, 0.15) is 6.61 Å². The molecule has 4 nitrogen and oxygen atoms in total. The summed E-state index contributed by atoms with van der Waals surface area (Å²) >= 11 is 0. The average Bonchev–Trinajstić information content (AvgIpc) is 2.36. The summed E-state index contributed by atoms with van der Waals surface area (Å²) in [5, 5.41) is 3.30. The quantitative estimate of drug-likeness (QED) is 0.564. The van der Waals surface area contributed by atoms with E-state index in [0.717, 1.165) is 19.5 Å². The molecule has 0 saturated heterocycles. The standard InChI is InChI=1S/C14H21NO3/c1-12-4-6-13(7-5-12)10-15-8-3-9-18-14(16)11-17-2/h4-7,15H,3,8-11H2,1-2H3. The molecule has 0 atom stereocenters. The van der Waals surface area contributed by atoms with Gasteiger partial charge in [-0.3, -0.25) is 0 Å². The van der Waals surface area contributed by atoms with E-state index in [-0.39, 0.29) is 12.6 Å². The molecule has 18 heavy (non-hydrogen) atoms. The maximum absolute atomic E-state index is 11.0. The fourth-order valence-electron chi connectivity index (χ4n) is 1.48. The van der Waals surface area contributed by atoms with Crippen LogP contribution >= 0.6 is 0 Å². The molecule has 0 spiro atoms. The number of nitrogens with one attached hydrogen (secondary N) is 1. The molecule has 100 valence electrons. The zero-order valence-electron chi connectivity index (χ0n) is 11.1. The molecule has 0 bridgehead atoms. The number of methoxy groups -OCH3 is 1. The fraction of sp³-hybridized carbons (Fsp3) is 0.500. The smallest absolute Gasteiger partial charge is 0.332 e. The predicted molar refractivity (Wildman–Crippen MR) is 70.3 cm³/mol. The molecule has 4 heteroatoms. The van der Waals surface area contributed by atoms with Crippen LogP contribution in [0.1, 0.15) is 17.5 Å². The predicted octanol–water partition coefficient (Wildman–Crippen LogP) is 1.66. The molecule has 0 amide bonds. The Hall–Kier alpha value is -1.39. The molecule has 0 unspecified atom stereocenters. The second-order valence-corrected chi connectivity index (χ2v) is 4.17. The summed E-state index contributed by atoms with van der Waals surface area (Å²) in [4.78, 5) is 11.0. The summed E-state index contributed by atoms with van der Waals surface area (Å²) in [5.41, 5.74) is 2.53. The molecule has 0 heterocycles. The Kier molecular flexibility index (Phi) is 7.06. The minimum Gasteiger partial charge on any atom is -0.464 e. The largest absolute Gasteiger partial charge is 0.464 e. The maximum atomic E-state index is 11.0. The van der Waals surface area contributed by atoms with Gasteiger partial charge in [0.05, 0.1) is 6.61 Å².